The van der Waals surface area contributed by atoms with Gasteiger partial charge in [0.15, 0.2) is 0 Å². The Hall–Kier alpha value is -3.32. The number of carbonyl (C=O) groups is 1. The highest BCUT2D eigenvalue weighted by molar-refractivity contribution is 7.13. The lowest BCUT2D eigenvalue weighted by Gasteiger charge is -2.11. The summed E-state index contributed by atoms with van der Waals surface area (Å²) in [5, 5.41) is 11.6. The van der Waals surface area contributed by atoms with E-state index in [0.29, 0.717) is 17.1 Å². The van der Waals surface area contributed by atoms with Crippen molar-refractivity contribution in [1.29, 1.82) is 0 Å². The lowest BCUT2D eigenvalue weighted by Crippen LogP contribution is -2.19. The Morgan fingerprint density at radius 3 is 2.68 bits per heavy atom. The highest BCUT2D eigenvalue weighted by Crippen LogP contribution is 2.32. The van der Waals surface area contributed by atoms with Crippen LogP contribution in [0.15, 0.2) is 58.8 Å². The lowest BCUT2D eigenvalue weighted by atomic mass is 10.1. The molecule has 2 aromatic carbocycles. The third kappa shape index (κ3) is 2.99. The fourth-order valence-corrected chi connectivity index (χ4v) is 3.97. The van der Waals surface area contributed by atoms with E-state index < -0.39 is 17.2 Å². The molecule has 0 saturated carbocycles. The van der Waals surface area contributed by atoms with Gasteiger partial charge in [0.25, 0.3) is 0 Å². The van der Waals surface area contributed by atoms with Gasteiger partial charge in [0.05, 0.1) is 11.2 Å². The minimum Gasteiger partial charge on any atom is -0.477 e. The topological polar surface area (TPSA) is 72.2 Å². The Morgan fingerprint density at radius 1 is 1.25 bits per heavy atom. The van der Waals surface area contributed by atoms with Gasteiger partial charge < -0.3 is 9.67 Å². The summed E-state index contributed by atoms with van der Waals surface area (Å²) in [4.78, 5) is 28.3. The van der Waals surface area contributed by atoms with E-state index >= 15 is 0 Å². The number of aromatic carboxylic acids is 1. The molecular formula is C21H15FN2O3S. The number of aryl methyl sites for hydroxylation is 1. The van der Waals surface area contributed by atoms with Gasteiger partial charge in [-0.1, -0.05) is 30.3 Å². The van der Waals surface area contributed by atoms with Gasteiger partial charge in [-0.2, -0.15) is 0 Å². The third-order valence-corrected chi connectivity index (χ3v) is 5.42. The maximum Gasteiger partial charge on any atom is 0.341 e. The van der Waals surface area contributed by atoms with Gasteiger partial charge in [-0.3, -0.25) is 4.79 Å². The van der Waals surface area contributed by atoms with E-state index in [-0.39, 0.29) is 16.5 Å². The molecule has 0 aliphatic heterocycles. The molecule has 0 spiro atoms. The van der Waals surface area contributed by atoms with Crippen LogP contribution < -0.4 is 5.43 Å². The average Bonchev–Trinajstić information content (AvgIpc) is 3.18. The monoisotopic (exact) mass is 394 g/mol. The number of benzene rings is 2. The van der Waals surface area contributed by atoms with Gasteiger partial charge in [0.2, 0.25) is 5.43 Å². The van der Waals surface area contributed by atoms with Gasteiger partial charge >= 0.3 is 5.97 Å². The standard InChI is InChI=1S/C21H15FN2O3S/c1-2-24-10-15(21(26)27)19(25)14-8-16(22)13(9-18(14)24)20-23-17(11-28-20)12-6-4-3-5-7-12/h3-11H,2H2,1H3,(H,26,27). The van der Waals surface area contributed by atoms with Crippen LogP contribution in [-0.2, 0) is 6.54 Å². The first-order valence-corrected chi connectivity index (χ1v) is 9.49. The summed E-state index contributed by atoms with van der Waals surface area (Å²) in [6.07, 6.45) is 1.30. The third-order valence-electron chi connectivity index (χ3n) is 4.54. The number of hydrogen-bond donors (Lipinski definition) is 1. The quantitative estimate of drug-likeness (QED) is 0.547. The molecule has 0 fully saturated rings. The summed E-state index contributed by atoms with van der Waals surface area (Å²) >= 11 is 1.31. The Balaban J connectivity index is 1.91. The Labute approximate surface area is 163 Å². The SMILES string of the molecule is CCn1cc(C(=O)O)c(=O)c2cc(F)c(-c3nc(-c4ccccc4)cs3)cc21. The molecule has 140 valence electrons. The predicted molar refractivity (Wildman–Crippen MR) is 107 cm³/mol. The number of carboxylic acids is 1. The van der Waals surface area contributed by atoms with E-state index in [1.54, 1.807) is 10.6 Å². The Morgan fingerprint density at radius 2 is 2.00 bits per heavy atom. The summed E-state index contributed by atoms with van der Waals surface area (Å²) in [6, 6.07) is 12.3. The van der Waals surface area contributed by atoms with Crippen LogP contribution in [0, 0.1) is 5.82 Å². The van der Waals surface area contributed by atoms with Crippen molar-refractivity contribution in [2.24, 2.45) is 0 Å². The second-order valence-electron chi connectivity index (χ2n) is 6.22. The number of pyridine rings is 1. The predicted octanol–water partition coefficient (Wildman–Crippen LogP) is 4.65. The van der Waals surface area contributed by atoms with Crippen LogP contribution in [-0.4, -0.2) is 20.6 Å². The number of aromatic nitrogens is 2. The van der Waals surface area contributed by atoms with Gasteiger partial charge in [0.1, 0.15) is 16.4 Å². The molecule has 7 heteroatoms. The largest absolute Gasteiger partial charge is 0.477 e. The number of fused-ring (bicyclic) bond motifs is 1. The van der Waals surface area contributed by atoms with Crippen molar-refractivity contribution >= 4 is 28.2 Å². The summed E-state index contributed by atoms with van der Waals surface area (Å²) in [5.41, 5.74) is 1.37. The van der Waals surface area contributed by atoms with E-state index in [0.717, 1.165) is 17.3 Å². The minimum absolute atomic E-state index is 0.0443. The molecule has 0 unspecified atom stereocenters. The van der Waals surface area contributed by atoms with E-state index in [1.165, 1.54) is 17.5 Å². The normalized spacial score (nSPS) is 11.1. The van der Waals surface area contributed by atoms with Crippen molar-refractivity contribution in [3.63, 3.8) is 0 Å². The fourth-order valence-electron chi connectivity index (χ4n) is 3.13. The Bertz CT molecular complexity index is 1260. The highest BCUT2D eigenvalue weighted by Gasteiger charge is 2.18. The number of thiazole rings is 1. The number of rotatable bonds is 4. The molecule has 2 aromatic heterocycles. The summed E-state index contributed by atoms with van der Waals surface area (Å²) in [6.45, 7) is 2.27. The molecule has 1 N–H and O–H groups in total. The van der Waals surface area contributed by atoms with Crippen molar-refractivity contribution in [2.75, 3.05) is 0 Å². The molecule has 0 bridgehead atoms. The van der Waals surface area contributed by atoms with Crippen molar-refractivity contribution in [3.8, 4) is 21.8 Å². The van der Waals surface area contributed by atoms with E-state index in [2.05, 4.69) is 4.98 Å². The average molecular weight is 394 g/mol. The second kappa shape index (κ2) is 7.01. The van der Waals surface area contributed by atoms with Crippen LogP contribution >= 0.6 is 11.3 Å². The molecule has 4 aromatic rings. The van der Waals surface area contributed by atoms with Crippen LogP contribution in [0.3, 0.4) is 0 Å². The molecule has 0 aliphatic carbocycles. The van der Waals surface area contributed by atoms with Gasteiger partial charge in [-0.15, -0.1) is 11.3 Å². The van der Waals surface area contributed by atoms with Crippen molar-refractivity contribution in [2.45, 2.75) is 13.5 Å². The van der Waals surface area contributed by atoms with E-state index in [4.69, 9.17) is 0 Å². The second-order valence-corrected chi connectivity index (χ2v) is 7.07. The van der Waals surface area contributed by atoms with Crippen molar-refractivity contribution in [3.05, 3.63) is 75.6 Å². The number of nitrogens with zero attached hydrogens (tertiary/aromatic N) is 2. The number of hydrogen-bond acceptors (Lipinski definition) is 4. The van der Waals surface area contributed by atoms with E-state index in [1.807, 2.05) is 42.6 Å². The van der Waals surface area contributed by atoms with Crippen LogP contribution in [0.25, 0.3) is 32.7 Å². The highest BCUT2D eigenvalue weighted by atomic mass is 32.1. The van der Waals surface area contributed by atoms with Crippen LogP contribution in [0.4, 0.5) is 4.39 Å². The van der Waals surface area contributed by atoms with Crippen molar-refractivity contribution < 1.29 is 14.3 Å². The minimum atomic E-state index is -1.33. The zero-order valence-corrected chi connectivity index (χ0v) is 15.7. The van der Waals surface area contributed by atoms with Crippen LogP contribution in [0.5, 0.6) is 0 Å². The van der Waals surface area contributed by atoms with Gasteiger partial charge in [-0.25, -0.2) is 14.2 Å². The summed E-state index contributed by atoms with van der Waals surface area (Å²) < 4.78 is 16.5. The molecule has 28 heavy (non-hydrogen) atoms. The molecule has 0 aliphatic rings. The Kier molecular flexibility index (Phi) is 4.52. The number of carboxylic acid groups (broad SMARTS) is 1. The van der Waals surface area contributed by atoms with Crippen LogP contribution in [0.1, 0.15) is 17.3 Å². The molecule has 0 saturated heterocycles. The van der Waals surface area contributed by atoms with Gasteiger partial charge in [0, 0.05) is 34.6 Å². The fraction of sp³-hybridized carbons (Fsp3) is 0.0952. The van der Waals surface area contributed by atoms with Gasteiger partial charge in [-0.05, 0) is 19.1 Å². The zero-order valence-electron chi connectivity index (χ0n) is 14.8. The zero-order chi connectivity index (χ0) is 19.8. The maximum absolute atomic E-state index is 14.8. The molecule has 0 radical (unpaired) electrons. The first kappa shape index (κ1) is 18.1. The summed E-state index contributed by atoms with van der Waals surface area (Å²) in [7, 11) is 0. The first-order valence-electron chi connectivity index (χ1n) is 8.61. The molecule has 0 atom stereocenters. The summed E-state index contributed by atoms with van der Waals surface area (Å²) in [5.74, 6) is -1.94. The van der Waals surface area contributed by atoms with Crippen LogP contribution in [0.2, 0.25) is 0 Å². The number of halogens is 1. The molecule has 0 amide bonds. The maximum atomic E-state index is 14.8. The molecular weight excluding hydrogens is 379 g/mol. The molecule has 2 heterocycles. The smallest absolute Gasteiger partial charge is 0.341 e. The molecule has 4 rings (SSSR count). The first-order chi connectivity index (χ1) is 13.5. The lowest BCUT2D eigenvalue weighted by molar-refractivity contribution is 0.0695. The molecule has 5 nitrogen and oxygen atoms in total. The van der Waals surface area contributed by atoms with E-state index in [9.17, 15) is 19.1 Å². The van der Waals surface area contributed by atoms with Crippen molar-refractivity contribution in [1.82, 2.24) is 9.55 Å².